The third kappa shape index (κ3) is 7.19. The maximum absolute atomic E-state index is 8.45. The Hall–Kier alpha value is -3.62. The molecule has 1 aliphatic heterocycles. The van der Waals surface area contributed by atoms with E-state index in [2.05, 4.69) is 33.4 Å². The zero-order valence-electron chi connectivity index (χ0n) is 20.0. The van der Waals surface area contributed by atoms with Gasteiger partial charge >= 0.3 is 6.01 Å². The van der Waals surface area contributed by atoms with Crippen LogP contribution in [0.1, 0.15) is 18.1 Å². The van der Waals surface area contributed by atoms with E-state index in [0.29, 0.717) is 16.9 Å². The largest absolute Gasteiger partial charge is 0.424 e. The number of hydrogen-bond acceptors (Lipinski definition) is 8. The van der Waals surface area contributed by atoms with Gasteiger partial charge in [0.1, 0.15) is 5.75 Å². The van der Waals surface area contributed by atoms with Crippen molar-refractivity contribution >= 4 is 11.8 Å². The molecule has 2 heterocycles. The summed E-state index contributed by atoms with van der Waals surface area (Å²) in [6.45, 7) is 12.7. The molecule has 1 fully saturated rings. The Bertz CT molecular complexity index is 1090. The number of allylic oxidation sites excluding steroid dienone is 2. The Labute approximate surface area is 201 Å². The normalized spacial score (nSPS) is 15.6. The van der Waals surface area contributed by atoms with Gasteiger partial charge in [0.15, 0.2) is 0 Å². The summed E-state index contributed by atoms with van der Waals surface area (Å²) in [5.41, 5.74) is 3.03. The van der Waals surface area contributed by atoms with Crippen LogP contribution in [0.3, 0.4) is 0 Å². The molecule has 0 aliphatic carbocycles. The quantitative estimate of drug-likeness (QED) is 0.348. The number of benzene rings is 1. The minimum Gasteiger partial charge on any atom is -0.424 e. The van der Waals surface area contributed by atoms with Crippen LogP contribution < -0.4 is 4.74 Å². The molecule has 0 spiro atoms. The lowest BCUT2D eigenvalue weighted by molar-refractivity contribution is 0.164. The van der Waals surface area contributed by atoms with Gasteiger partial charge in [-0.3, -0.25) is 15.7 Å². The summed E-state index contributed by atoms with van der Waals surface area (Å²) in [5.74, 6) is 0.259. The zero-order chi connectivity index (χ0) is 24.5. The number of nitrogens with zero attached hydrogens (tertiary/aromatic N) is 4. The van der Waals surface area contributed by atoms with Crippen LogP contribution in [-0.2, 0) is 4.74 Å². The second kappa shape index (κ2) is 12.0. The molecule has 2 aromatic rings. The van der Waals surface area contributed by atoms with Crippen molar-refractivity contribution in [2.75, 3.05) is 39.8 Å². The summed E-state index contributed by atoms with van der Waals surface area (Å²) >= 11 is 0. The topological polar surface area (TPSA) is 98.4 Å². The number of hydrogen-bond donors (Lipinski definition) is 2. The Morgan fingerprint density at radius 2 is 1.85 bits per heavy atom. The number of aromatic nitrogens is 2. The first-order valence-electron chi connectivity index (χ1n) is 11.2. The minimum absolute atomic E-state index is 0.114. The zero-order valence-corrected chi connectivity index (χ0v) is 20.0. The molecular formula is C26H32N6O2. The number of piperazine rings is 1. The van der Waals surface area contributed by atoms with Gasteiger partial charge in [-0.05, 0) is 50.7 Å². The van der Waals surface area contributed by atoms with Crippen molar-refractivity contribution in [1.29, 1.82) is 10.8 Å². The van der Waals surface area contributed by atoms with Crippen LogP contribution in [0.5, 0.6) is 11.8 Å². The van der Waals surface area contributed by atoms with Gasteiger partial charge < -0.3 is 14.4 Å². The van der Waals surface area contributed by atoms with Crippen molar-refractivity contribution in [3.05, 3.63) is 83.7 Å². The average Bonchev–Trinajstić information content (AvgIpc) is 2.82. The summed E-state index contributed by atoms with van der Waals surface area (Å²) in [7, 11) is 2.14. The molecular weight excluding hydrogens is 428 g/mol. The van der Waals surface area contributed by atoms with E-state index in [9.17, 15) is 0 Å². The fourth-order valence-corrected chi connectivity index (χ4v) is 3.49. The van der Waals surface area contributed by atoms with Crippen LogP contribution in [0.2, 0.25) is 0 Å². The van der Waals surface area contributed by atoms with E-state index in [4.69, 9.17) is 20.3 Å². The summed E-state index contributed by atoms with van der Waals surface area (Å²) in [6.07, 6.45) is 8.46. The molecule has 3 rings (SSSR count). The van der Waals surface area contributed by atoms with E-state index in [0.717, 1.165) is 43.9 Å². The molecule has 0 saturated carbocycles. The van der Waals surface area contributed by atoms with Crippen molar-refractivity contribution in [3.63, 3.8) is 0 Å². The molecule has 34 heavy (non-hydrogen) atoms. The Balaban J connectivity index is 1.67. The van der Waals surface area contributed by atoms with Gasteiger partial charge in [-0.2, -0.15) is 0 Å². The maximum atomic E-state index is 8.45. The fraction of sp³-hybridized carbons (Fsp3) is 0.308. The summed E-state index contributed by atoms with van der Waals surface area (Å²) < 4.78 is 11.4. The van der Waals surface area contributed by atoms with E-state index in [1.165, 1.54) is 0 Å². The Morgan fingerprint density at radius 1 is 1.15 bits per heavy atom. The number of aryl methyl sites for hydroxylation is 1. The van der Waals surface area contributed by atoms with Crippen LogP contribution in [0.4, 0.5) is 0 Å². The number of likely N-dealkylation sites (N-methyl/N-ethyl adjacent to an activating group) is 1. The Morgan fingerprint density at radius 3 is 2.53 bits per heavy atom. The monoisotopic (exact) mass is 460 g/mol. The molecule has 1 aliphatic rings. The maximum Gasteiger partial charge on any atom is 0.321 e. The van der Waals surface area contributed by atoms with Crippen molar-refractivity contribution in [2.24, 2.45) is 0 Å². The third-order valence-corrected chi connectivity index (χ3v) is 5.43. The molecule has 0 amide bonds. The van der Waals surface area contributed by atoms with Crippen molar-refractivity contribution in [1.82, 2.24) is 19.8 Å². The van der Waals surface area contributed by atoms with Crippen LogP contribution in [0, 0.1) is 17.7 Å². The van der Waals surface area contributed by atoms with E-state index in [1.807, 2.05) is 26.0 Å². The van der Waals surface area contributed by atoms with E-state index >= 15 is 0 Å². The molecule has 8 nitrogen and oxygen atoms in total. The number of rotatable bonds is 8. The van der Waals surface area contributed by atoms with E-state index in [1.54, 1.807) is 42.7 Å². The average molecular weight is 461 g/mol. The van der Waals surface area contributed by atoms with Crippen LogP contribution >= 0.6 is 0 Å². The lowest BCUT2D eigenvalue weighted by Crippen LogP contribution is -2.44. The Kier molecular flexibility index (Phi) is 8.84. The molecule has 0 unspecified atom stereocenters. The SMILES string of the molecule is C=C/C=C(\C=C(/C)CN1CCN(C)CC1)C(=N)OC(=N)c1ccc(C)c(Oc2ncccn2)c1. The predicted octanol–water partition coefficient (Wildman–Crippen LogP) is 4.20. The molecule has 2 N–H and O–H groups in total. The fourth-order valence-electron chi connectivity index (χ4n) is 3.49. The smallest absolute Gasteiger partial charge is 0.321 e. The highest BCUT2D eigenvalue weighted by molar-refractivity contribution is 6.06. The predicted molar refractivity (Wildman–Crippen MR) is 135 cm³/mol. The van der Waals surface area contributed by atoms with Crippen molar-refractivity contribution < 1.29 is 9.47 Å². The van der Waals surface area contributed by atoms with Gasteiger partial charge in [-0.1, -0.05) is 30.4 Å². The molecule has 0 radical (unpaired) electrons. The summed E-state index contributed by atoms with van der Waals surface area (Å²) in [6, 6.07) is 7.21. The van der Waals surface area contributed by atoms with Gasteiger partial charge in [0.05, 0.1) is 0 Å². The highest BCUT2D eigenvalue weighted by Crippen LogP contribution is 2.24. The molecule has 1 saturated heterocycles. The molecule has 178 valence electrons. The molecule has 0 atom stereocenters. The van der Waals surface area contributed by atoms with Crippen LogP contribution in [0.25, 0.3) is 0 Å². The first kappa shape index (κ1) is 25.0. The molecule has 0 bridgehead atoms. The van der Waals surface area contributed by atoms with Crippen LogP contribution in [-0.4, -0.2) is 71.3 Å². The minimum atomic E-state index is -0.149. The van der Waals surface area contributed by atoms with E-state index in [-0.39, 0.29) is 17.8 Å². The number of ether oxygens (including phenoxy) is 2. The summed E-state index contributed by atoms with van der Waals surface area (Å²) in [5, 5.41) is 16.9. The van der Waals surface area contributed by atoms with Gasteiger partial charge in [0, 0.05) is 56.3 Å². The lowest BCUT2D eigenvalue weighted by atomic mass is 10.1. The molecule has 1 aromatic heterocycles. The van der Waals surface area contributed by atoms with Gasteiger partial charge in [0.2, 0.25) is 11.8 Å². The lowest BCUT2D eigenvalue weighted by Gasteiger charge is -2.32. The summed E-state index contributed by atoms with van der Waals surface area (Å²) in [4.78, 5) is 12.9. The highest BCUT2D eigenvalue weighted by Gasteiger charge is 2.16. The van der Waals surface area contributed by atoms with Gasteiger partial charge in [-0.15, -0.1) is 0 Å². The highest BCUT2D eigenvalue weighted by atomic mass is 16.5. The van der Waals surface area contributed by atoms with Gasteiger partial charge in [-0.25, -0.2) is 9.97 Å². The molecule has 1 aromatic carbocycles. The van der Waals surface area contributed by atoms with E-state index < -0.39 is 0 Å². The van der Waals surface area contributed by atoms with Crippen molar-refractivity contribution in [2.45, 2.75) is 13.8 Å². The first-order chi connectivity index (χ1) is 16.4. The van der Waals surface area contributed by atoms with Crippen molar-refractivity contribution in [3.8, 4) is 11.8 Å². The van der Waals surface area contributed by atoms with Gasteiger partial charge in [0.25, 0.3) is 0 Å². The first-order valence-corrected chi connectivity index (χ1v) is 11.2. The second-order valence-corrected chi connectivity index (χ2v) is 8.30. The molecule has 8 heteroatoms. The standard InChI is InChI=1S/C26H32N6O2/c1-5-7-21(16-19(2)18-32-14-12-31(4)13-15-32)24(27)34-25(28)22-9-8-20(3)23(17-22)33-26-29-10-6-11-30-26/h5-11,16-17,27-28H,1,12-15,18H2,2-4H3/b19-16+,21-7+,27-24?,28-25?. The number of nitrogens with one attached hydrogen (secondary N) is 2. The second-order valence-electron chi connectivity index (χ2n) is 8.30. The third-order valence-electron chi connectivity index (χ3n) is 5.43. The van der Waals surface area contributed by atoms with Crippen LogP contribution in [0.15, 0.2) is 72.6 Å².